The molecule has 1 heterocycles. The molecule has 13 heavy (non-hydrogen) atoms. The van der Waals surface area contributed by atoms with Gasteiger partial charge < -0.3 is 14.9 Å². The van der Waals surface area contributed by atoms with E-state index < -0.39 is 11.8 Å². The second-order valence-electron chi connectivity index (χ2n) is 2.26. The van der Waals surface area contributed by atoms with E-state index in [-0.39, 0.29) is 18.1 Å². The zero-order valence-electron chi connectivity index (χ0n) is 7.02. The number of ether oxygens (including phenoxy) is 1. The molecule has 5 nitrogen and oxygen atoms in total. The molecule has 0 unspecified atom stereocenters. The number of hydrogen-bond donors (Lipinski definition) is 2. The number of esters is 1. The molecule has 0 radical (unpaired) electrons. The molecule has 0 atom stereocenters. The highest BCUT2D eigenvalue weighted by molar-refractivity contribution is 5.91. The lowest BCUT2D eigenvalue weighted by molar-refractivity contribution is 0.0522. The third-order valence-electron chi connectivity index (χ3n) is 1.36. The van der Waals surface area contributed by atoms with Crippen LogP contribution in [-0.4, -0.2) is 27.8 Å². The molecule has 0 saturated heterocycles. The van der Waals surface area contributed by atoms with E-state index in [1.165, 1.54) is 12.1 Å². The Morgan fingerprint density at radius 2 is 2.23 bits per heavy atom. The molecule has 0 aliphatic carbocycles. The molecule has 1 aromatic heterocycles. The van der Waals surface area contributed by atoms with E-state index in [4.69, 9.17) is 10.2 Å². The van der Waals surface area contributed by atoms with Gasteiger partial charge in [-0.25, -0.2) is 4.79 Å². The second kappa shape index (κ2) is 3.75. The Morgan fingerprint density at radius 3 is 2.77 bits per heavy atom. The van der Waals surface area contributed by atoms with Crippen LogP contribution in [0, 0.1) is 0 Å². The number of carbonyl (C=O) groups excluding carboxylic acids is 1. The molecule has 5 heteroatoms. The first-order valence-corrected chi connectivity index (χ1v) is 3.71. The van der Waals surface area contributed by atoms with Crippen molar-refractivity contribution in [2.75, 3.05) is 6.61 Å². The quantitative estimate of drug-likeness (QED) is 0.658. The van der Waals surface area contributed by atoms with Crippen molar-refractivity contribution >= 4 is 5.97 Å². The monoisotopic (exact) mass is 183 g/mol. The molecule has 1 rings (SSSR count). The predicted molar refractivity (Wildman–Crippen MR) is 43.5 cm³/mol. The number of aromatic nitrogens is 1. The minimum absolute atomic E-state index is 0.0559. The van der Waals surface area contributed by atoms with Crippen LogP contribution in [0.3, 0.4) is 0 Å². The zero-order chi connectivity index (χ0) is 9.84. The summed E-state index contributed by atoms with van der Waals surface area (Å²) in [6.07, 6.45) is 0. The topological polar surface area (TPSA) is 79.7 Å². The first-order valence-electron chi connectivity index (χ1n) is 3.71. The Kier molecular flexibility index (Phi) is 2.69. The number of hydrogen-bond acceptors (Lipinski definition) is 5. The summed E-state index contributed by atoms with van der Waals surface area (Å²) < 4.78 is 4.63. The number of rotatable bonds is 2. The third kappa shape index (κ3) is 2.08. The second-order valence-corrected chi connectivity index (χ2v) is 2.26. The molecule has 2 N–H and O–H groups in total. The summed E-state index contributed by atoms with van der Waals surface area (Å²) in [7, 11) is 0. The van der Waals surface area contributed by atoms with Gasteiger partial charge in [-0.15, -0.1) is 0 Å². The van der Waals surface area contributed by atoms with Gasteiger partial charge in [0.2, 0.25) is 11.8 Å². The van der Waals surface area contributed by atoms with Crippen molar-refractivity contribution in [3.8, 4) is 11.8 Å². The van der Waals surface area contributed by atoms with Crippen LogP contribution >= 0.6 is 0 Å². The van der Waals surface area contributed by atoms with Crippen molar-refractivity contribution in [1.29, 1.82) is 0 Å². The van der Waals surface area contributed by atoms with E-state index >= 15 is 0 Å². The van der Waals surface area contributed by atoms with Gasteiger partial charge in [-0.3, -0.25) is 0 Å². The Hall–Kier alpha value is -1.78. The largest absolute Gasteiger partial charge is 0.493 e. The van der Waals surface area contributed by atoms with Crippen LogP contribution in [0.15, 0.2) is 12.1 Å². The maximum atomic E-state index is 11.1. The fourth-order valence-electron chi connectivity index (χ4n) is 0.807. The molecule has 1 aromatic rings. The first kappa shape index (κ1) is 9.31. The summed E-state index contributed by atoms with van der Waals surface area (Å²) in [5, 5.41) is 17.9. The molecule has 70 valence electrons. The molecule has 0 spiro atoms. The van der Waals surface area contributed by atoms with E-state index in [0.717, 1.165) is 0 Å². The Balaban J connectivity index is 2.95. The third-order valence-corrected chi connectivity index (χ3v) is 1.36. The lowest BCUT2D eigenvalue weighted by Crippen LogP contribution is -2.05. The molecule has 0 amide bonds. The van der Waals surface area contributed by atoms with E-state index in [0.29, 0.717) is 0 Å². The Bertz CT molecular complexity index is 324. The molecule has 0 aliphatic rings. The highest BCUT2D eigenvalue weighted by Crippen LogP contribution is 2.18. The fraction of sp³-hybridized carbons (Fsp3) is 0.250. The van der Waals surface area contributed by atoms with Crippen molar-refractivity contribution in [3.05, 3.63) is 17.7 Å². The van der Waals surface area contributed by atoms with E-state index in [1.807, 2.05) is 0 Å². The average molecular weight is 183 g/mol. The van der Waals surface area contributed by atoms with Crippen molar-refractivity contribution in [3.63, 3.8) is 0 Å². The summed E-state index contributed by atoms with van der Waals surface area (Å²) in [6, 6.07) is 2.45. The normalized spacial score (nSPS) is 9.62. The smallest absolute Gasteiger partial charge is 0.343 e. The summed E-state index contributed by atoms with van der Waals surface area (Å²) >= 11 is 0. The van der Waals surface area contributed by atoms with Crippen molar-refractivity contribution < 1.29 is 19.7 Å². The van der Waals surface area contributed by atoms with Crippen LogP contribution in [0.25, 0.3) is 0 Å². The summed E-state index contributed by atoms with van der Waals surface area (Å²) in [5.74, 6) is -1.53. The van der Waals surface area contributed by atoms with Crippen LogP contribution < -0.4 is 0 Å². The Morgan fingerprint density at radius 1 is 1.54 bits per heavy atom. The summed E-state index contributed by atoms with van der Waals surface area (Å²) in [4.78, 5) is 14.4. The van der Waals surface area contributed by atoms with E-state index in [2.05, 4.69) is 9.72 Å². The van der Waals surface area contributed by atoms with E-state index in [1.54, 1.807) is 6.92 Å². The minimum atomic E-state index is -0.660. The van der Waals surface area contributed by atoms with Crippen LogP contribution in [0.5, 0.6) is 11.8 Å². The number of nitrogens with zero attached hydrogens (tertiary/aromatic N) is 1. The van der Waals surface area contributed by atoms with Crippen LogP contribution in [0.4, 0.5) is 0 Å². The lowest BCUT2D eigenvalue weighted by atomic mass is 10.3. The molecule has 0 fully saturated rings. The Labute approximate surface area is 74.6 Å². The van der Waals surface area contributed by atoms with Gasteiger partial charge in [0.15, 0.2) is 0 Å². The van der Waals surface area contributed by atoms with Crippen molar-refractivity contribution in [2.24, 2.45) is 0 Å². The van der Waals surface area contributed by atoms with Gasteiger partial charge in [-0.2, -0.15) is 4.98 Å². The molecule has 0 saturated carbocycles. The summed E-state index contributed by atoms with van der Waals surface area (Å²) in [6.45, 7) is 1.88. The van der Waals surface area contributed by atoms with Gasteiger partial charge in [-0.05, 0) is 13.0 Å². The highest BCUT2D eigenvalue weighted by atomic mass is 16.5. The zero-order valence-corrected chi connectivity index (χ0v) is 7.02. The van der Waals surface area contributed by atoms with Crippen molar-refractivity contribution in [1.82, 2.24) is 4.98 Å². The van der Waals surface area contributed by atoms with Gasteiger partial charge >= 0.3 is 5.97 Å². The maximum absolute atomic E-state index is 11.1. The van der Waals surface area contributed by atoms with Crippen molar-refractivity contribution in [2.45, 2.75) is 6.92 Å². The molecular formula is C8H9NO4. The molecular weight excluding hydrogens is 174 g/mol. The molecule has 0 bridgehead atoms. The van der Waals surface area contributed by atoms with Crippen LogP contribution in [0.1, 0.15) is 17.3 Å². The maximum Gasteiger partial charge on any atom is 0.343 e. The molecule has 0 aliphatic heterocycles. The predicted octanol–water partition coefficient (Wildman–Crippen LogP) is 0.669. The number of carbonyl (C=O) groups is 1. The highest BCUT2D eigenvalue weighted by Gasteiger charge is 2.13. The van der Waals surface area contributed by atoms with Crippen LogP contribution in [-0.2, 0) is 4.74 Å². The number of pyridine rings is 1. The average Bonchev–Trinajstić information content (AvgIpc) is 2.04. The summed E-state index contributed by atoms with van der Waals surface area (Å²) in [5.41, 5.74) is -0.0559. The SMILES string of the molecule is CCOC(=O)c1ccc(O)nc1O. The van der Waals surface area contributed by atoms with Gasteiger partial charge in [-0.1, -0.05) is 0 Å². The van der Waals surface area contributed by atoms with Gasteiger partial charge in [0.25, 0.3) is 0 Å². The molecule has 0 aromatic carbocycles. The number of aromatic hydroxyl groups is 2. The van der Waals surface area contributed by atoms with Gasteiger partial charge in [0.1, 0.15) is 5.56 Å². The van der Waals surface area contributed by atoms with Gasteiger partial charge in [0, 0.05) is 6.07 Å². The lowest BCUT2D eigenvalue weighted by Gasteiger charge is -2.02. The fourth-order valence-corrected chi connectivity index (χ4v) is 0.807. The minimum Gasteiger partial charge on any atom is -0.493 e. The first-order chi connectivity index (χ1) is 6.15. The van der Waals surface area contributed by atoms with Gasteiger partial charge in [0.05, 0.1) is 6.61 Å². The van der Waals surface area contributed by atoms with E-state index in [9.17, 15) is 4.79 Å². The van der Waals surface area contributed by atoms with Crippen LogP contribution in [0.2, 0.25) is 0 Å². The standard InChI is InChI=1S/C8H9NO4/c1-2-13-8(12)5-3-4-6(10)9-7(5)11/h3-4H,2H2,1H3,(H2,9,10,11).